The fourth-order valence-electron chi connectivity index (χ4n) is 0.931. The van der Waals surface area contributed by atoms with E-state index in [9.17, 15) is 26.8 Å². The third-order valence-electron chi connectivity index (χ3n) is 1.59. The van der Waals surface area contributed by atoms with Crippen LogP contribution < -0.4 is 4.52 Å². The maximum atomic E-state index is 13.2. The summed E-state index contributed by atoms with van der Waals surface area (Å²) in [7, 11) is 0. The minimum absolute atomic E-state index is 1.92. The van der Waals surface area contributed by atoms with Crippen LogP contribution >= 0.6 is 13.4 Å². The molecule has 0 aliphatic heterocycles. The largest absolute Gasteiger partial charge is 0.417 e. The summed E-state index contributed by atoms with van der Waals surface area (Å²) in [6.07, 6.45) is 0. The van der Waals surface area contributed by atoms with Gasteiger partial charge in [-0.2, -0.15) is 8.78 Å². The monoisotopic (exact) mass is 376 g/mol. The molecule has 20 heavy (non-hydrogen) atoms. The Hall–Kier alpha value is -0.190. The maximum absolute atomic E-state index is 13.2. The number of halogens is 5. The van der Waals surface area contributed by atoms with E-state index in [1.54, 1.807) is 0 Å². The second-order valence-corrected chi connectivity index (χ2v) is 8.60. The lowest BCUT2D eigenvalue weighted by Gasteiger charge is -2.19. The van der Waals surface area contributed by atoms with Crippen LogP contribution in [0.2, 0.25) is 0 Å². The Morgan fingerprint density at radius 1 is 0.750 bits per heavy atom. The maximum Gasteiger partial charge on any atom is 0.385 e. The van der Waals surface area contributed by atoms with Crippen molar-refractivity contribution in [2.24, 2.45) is 0 Å². The van der Waals surface area contributed by atoms with Crippen molar-refractivity contribution >= 4 is 37.1 Å². The lowest BCUT2D eigenvalue weighted by atomic mass is 10.3. The van der Waals surface area contributed by atoms with Gasteiger partial charge in [-0.15, -0.1) is 0 Å². The zero-order chi connectivity index (χ0) is 15.9. The first-order chi connectivity index (χ1) is 8.86. The summed E-state index contributed by atoms with van der Waals surface area (Å²) >= 11 is 8.02. The summed E-state index contributed by atoms with van der Waals surface area (Å²) < 4.78 is 72.6. The molecule has 0 radical (unpaired) electrons. The van der Waals surface area contributed by atoms with E-state index >= 15 is 0 Å². The standard InChI is InChI=1S/C6H3F5O5P2S2/c7-1-2(8)4(10)6(5(11)3(1)9)15-18(14,20)16-17(12,13)19/h(H,14,20)(H2,12,13,19). The minimum Gasteiger partial charge on any atom is -0.417 e. The first kappa shape index (κ1) is 17.9. The molecule has 0 amide bonds. The van der Waals surface area contributed by atoms with E-state index < -0.39 is 48.3 Å². The Morgan fingerprint density at radius 3 is 1.45 bits per heavy atom. The van der Waals surface area contributed by atoms with Crippen molar-refractivity contribution in [3.05, 3.63) is 29.1 Å². The molecule has 0 fully saturated rings. The summed E-state index contributed by atoms with van der Waals surface area (Å²) in [5.41, 5.74) is 0. The lowest BCUT2D eigenvalue weighted by Crippen LogP contribution is -2.06. The second-order valence-electron chi connectivity index (χ2n) is 3.03. The molecule has 3 N–H and O–H groups in total. The van der Waals surface area contributed by atoms with Gasteiger partial charge in [-0.3, -0.25) is 0 Å². The molecule has 0 spiro atoms. The quantitative estimate of drug-likeness (QED) is 0.322. The molecule has 0 saturated carbocycles. The summed E-state index contributed by atoms with van der Waals surface area (Å²) in [4.78, 5) is 26.7. The normalized spacial score (nSPS) is 15.0. The van der Waals surface area contributed by atoms with E-state index in [0.717, 1.165) is 0 Å². The van der Waals surface area contributed by atoms with Crippen LogP contribution in [0.25, 0.3) is 0 Å². The molecule has 0 aromatic heterocycles. The smallest absolute Gasteiger partial charge is 0.385 e. The molecule has 5 nitrogen and oxygen atoms in total. The predicted molar refractivity (Wildman–Crippen MR) is 63.2 cm³/mol. The highest BCUT2D eigenvalue weighted by molar-refractivity contribution is 8.14. The van der Waals surface area contributed by atoms with Crippen molar-refractivity contribution in [3.8, 4) is 5.75 Å². The average molecular weight is 376 g/mol. The van der Waals surface area contributed by atoms with Crippen molar-refractivity contribution < 1.29 is 45.5 Å². The fourth-order valence-corrected chi connectivity index (χ4v) is 4.78. The van der Waals surface area contributed by atoms with Crippen molar-refractivity contribution in [1.29, 1.82) is 0 Å². The molecule has 1 unspecified atom stereocenters. The third-order valence-corrected chi connectivity index (χ3v) is 5.10. The molecule has 1 aromatic rings. The zero-order valence-electron chi connectivity index (χ0n) is 8.76. The van der Waals surface area contributed by atoms with Crippen LogP contribution in [0, 0.1) is 29.1 Å². The van der Waals surface area contributed by atoms with Gasteiger partial charge in [-0.25, -0.2) is 17.5 Å². The molecule has 14 heteroatoms. The predicted octanol–water partition coefficient (Wildman–Crippen LogP) is 2.20. The van der Waals surface area contributed by atoms with Crippen molar-refractivity contribution in [2.45, 2.75) is 0 Å². The highest BCUT2D eigenvalue weighted by atomic mass is 32.5. The van der Waals surface area contributed by atoms with Crippen LogP contribution in [-0.2, 0) is 27.9 Å². The molecular formula is C6H3F5O5P2S2. The Morgan fingerprint density at radius 2 is 1.10 bits per heavy atom. The van der Waals surface area contributed by atoms with Crippen LogP contribution in [0.5, 0.6) is 5.75 Å². The van der Waals surface area contributed by atoms with Gasteiger partial charge in [0.2, 0.25) is 34.8 Å². The van der Waals surface area contributed by atoms with E-state index in [1.807, 2.05) is 0 Å². The first-order valence-corrected chi connectivity index (χ1v) is 9.38. The molecule has 0 heterocycles. The van der Waals surface area contributed by atoms with E-state index in [-0.39, 0.29) is 0 Å². The van der Waals surface area contributed by atoms with Crippen LogP contribution in [0.4, 0.5) is 22.0 Å². The summed E-state index contributed by atoms with van der Waals surface area (Å²) in [6, 6.07) is 0. The van der Waals surface area contributed by atoms with Gasteiger partial charge in [0, 0.05) is 11.8 Å². The third kappa shape index (κ3) is 4.15. The minimum atomic E-state index is -4.80. The molecule has 0 aliphatic rings. The Balaban J connectivity index is 3.30. The lowest BCUT2D eigenvalue weighted by molar-refractivity contribution is 0.300. The van der Waals surface area contributed by atoms with E-state index in [4.69, 9.17) is 9.79 Å². The number of rotatable bonds is 4. The molecule has 1 atom stereocenters. The molecule has 0 aliphatic carbocycles. The highest BCUT2D eigenvalue weighted by Gasteiger charge is 2.33. The van der Waals surface area contributed by atoms with Crippen LogP contribution in [0.15, 0.2) is 0 Å². The number of hydrogen-bond acceptors (Lipinski definition) is 4. The summed E-state index contributed by atoms with van der Waals surface area (Å²) in [5, 5.41) is 0. The summed E-state index contributed by atoms with van der Waals surface area (Å²) in [5.74, 6) is -13.9. The van der Waals surface area contributed by atoms with E-state index in [2.05, 4.69) is 32.4 Å². The SMILES string of the molecule is OP(O)(=S)OP(O)(=S)Oc1c(F)c(F)c(F)c(F)c1F. The van der Waals surface area contributed by atoms with E-state index in [1.165, 1.54) is 0 Å². The molecular weight excluding hydrogens is 373 g/mol. The van der Waals surface area contributed by atoms with Gasteiger partial charge in [0.05, 0.1) is 0 Å². The topological polar surface area (TPSA) is 79.2 Å². The van der Waals surface area contributed by atoms with Gasteiger partial charge >= 0.3 is 13.4 Å². The first-order valence-electron chi connectivity index (χ1n) is 4.16. The van der Waals surface area contributed by atoms with Gasteiger partial charge in [-0.05, 0) is 11.8 Å². The molecule has 1 rings (SSSR count). The van der Waals surface area contributed by atoms with E-state index in [0.29, 0.717) is 0 Å². The van der Waals surface area contributed by atoms with Crippen molar-refractivity contribution in [3.63, 3.8) is 0 Å². The summed E-state index contributed by atoms with van der Waals surface area (Å²) in [6.45, 7) is -9.39. The highest BCUT2D eigenvalue weighted by Crippen LogP contribution is 2.58. The Bertz CT molecular complexity index is 620. The Kier molecular flexibility index (Phi) is 5.27. The zero-order valence-corrected chi connectivity index (χ0v) is 12.2. The van der Waals surface area contributed by atoms with Crippen molar-refractivity contribution in [2.75, 3.05) is 0 Å². The van der Waals surface area contributed by atoms with Crippen LogP contribution in [0.1, 0.15) is 0 Å². The Labute approximate surface area is 118 Å². The van der Waals surface area contributed by atoms with Crippen LogP contribution in [0.3, 0.4) is 0 Å². The molecule has 114 valence electrons. The molecule has 0 bridgehead atoms. The molecule has 1 aromatic carbocycles. The van der Waals surface area contributed by atoms with Gasteiger partial charge < -0.3 is 19.2 Å². The van der Waals surface area contributed by atoms with Gasteiger partial charge in [-0.1, -0.05) is 0 Å². The number of benzene rings is 1. The van der Waals surface area contributed by atoms with Gasteiger partial charge in [0.15, 0.2) is 0 Å². The fraction of sp³-hybridized carbons (Fsp3) is 0. The second kappa shape index (κ2) is 5.90. The van der Waals surface area contributed by atoms with Crippen molar-refractivity contribution in [1.82, 2.24) is 0 Å². The van der Waals surface area contributed by atoms with Gasteiger partial charge in [0.25, 0.3) is 0 Å². The number of hydrogen-bond donors (Lipinski definition) is 3. The molecule has 0 saturated heterocycles. The van der Waals surface area contributed by atoms with Crippen LogP contribution in [-0.4, -0.2) is 14.7 Å². The van der Waals surface area contributed by atoms with Gasteiger partial charge in [0.1, 0.15) is 0 Å². The average Bonchev–Trinajstić information content (AvgIpc) is 2.26.